The fourth-order valence-corrected chi connectivity index (χ4v) is 9.13. The van der Waals surface area contributed by atoms with Crippen LogP contribution in [0.4, 0.5) is 0 Å². The number of hydrogen-bond donors (Lipinski definition) is 0. The van der Waals surface area contributed by atoms with Crippen molar-refractivity contribution in [2.45, 2.75) is 73.0 Å². The first-order chi connectivity index (χ1) is 29.0. The molecule has 0 N–H and O–H groups in total. The summed E-state index contributed by atoms with van der Waals surface area (Å²) in [6.07, 6.45) is 0.528. The molecule has 305 valence electrons. The summed E-state index contributed by atoms with van der Waals surface area (Å²) in [6, 6.07) is 49.9. The molecule has 5 nitrogen and oxygen atoms in total. The zero-order valence-electron chi connectivity index (χ0n) is 37.8. The van der Waals surface area contributed by atoms with Gasteiger partial charge in [-0.15, -0.1) is 54.1 Å². The maximum absolute atomic E-state index is 8.55. The average molecular weight is 983 g/mol. The molecule has 0 aliphatic carbocycles. The molecular formula is C53H52IrN4OSi-2. The molecule has 0 spiro atoms. The van der Waals surface area contributed by atoms with Crippen molar-refractivity contribution in [1.29, 1.82) is 0 Å². The molecule has 60 heavy (non-hydrogen) atoms. The van der Waals surface area contributed by atoms with Crippen molar-refractivity contribution in [2.75, 3.05) is 0 Å². The Morgan fingerprint density at radius 3 is 2.27 bits per heavy atom. The Morgan fingerprint density at radius 2 is 1.55 bits per heavy atom. The second-order valence-electron chi connectivity index (χ2n) is 17.5. The molecule has 7 heteroatoms. The van der Waals surface area contributed by atoms with E-state index >= 15 is 0 Å². The van der Waals surface area contributed by atoms with Gasteiger partial charge in [-0.1, -0.05) is 138 Å². The third kappa shape index (κ3) is 8.58. The van der Waals surface area contributed by atoms with E-state index in [0.717, 1.165) is 83.3 Å². The van der Waals surface area contributed by atoms with Gasteiger partial charge in [0, 0.05) is 45.7 Å². The van der Waals surface area contributed by atoms with Crippen LogP contribution >= 0.6 is 0 Å². The molecule has 5 aromatic carbocycles. The molecular weight excluding hydrogens is 929 g/mol. The minimum atomic E-state index is -1.67. The summed E-state index contributed by atoms with van der Waals surface area (Å²) in [5, 5.41) is 3.11. The van der Waals surface area contributed by atoms with Gasteiger partial charge in [-0.25, -0.2) is 4.98 Å². The fraction of sp³-hybridized carbons (Fsp3) is 0.226. The number of imidazole rings is 1. The Hall–Kier alpha value is -5.46. The first kappa shape index (κ1) is 40.0. The minimum Gasteiger partial charge on any atom is -0.486 e. The van der Waals surface area contributed by atoms with Crippen LogP contribution in [-0.4, -0.2) is 27.6 Å². The van der Waals surface area contributed by atoms with Crippen LogP contribution in [0.15, 0.2) is 138 Å². The van der Waals surface area contributed by atoms with Crippen LogP contribution in [0.1, 0.15) is 54.2 Å². The predicted molar refractivity (Wildman–Crippen MR) is 249 cm³/mol. The van der Waals surface area contributed by atoms with Gasteiger partial charge >= 0.3 is 0 Å². The average Bonchev–Trinajstić information content (AvgIpc) is 3.81. The SMILES string of the molecule is Cc1ccc2c(n1)oc1c(-c3nc4ccccc4n3-c3c(-c4ccccc4)cccc3C(C)(C)C)[c-]ccc12.[2H]C([2H])(c1cc(-c2[c-]cccc2)ncc1[Si](C)(C)C)C(C)C.[Ir]. The van der Waals surface area contributed by atoms with Gasteiger partial charge in [0.25, 0.3) is 0 Å². The summed E-state index contributed by atoms with van der Waals surface area (Å²) in [5.41, 5.74) is 12.1. The van der Waals surface area contributed by atoms with E-state index in [0.29, 0.717) is 5.71 Å². The summed E-state index contributed by atoms with van der Waals surface area (Å²) in [4.78, 5) is 14.5. The van der Waals surface area contributed by atoms with Crippen molar-refractivity contribution in [3.05, 3.63) is 163 Å². The predicted octanol–water partition coefficient (Wildman–Crippen LogP) is 13.3. The standard InChI is InChI=1S/C35H28N3O.C18H24NSi.Ir/c1-22-20-21-26-25-15-10-16-27(32(25)39-34(26)36-22)33-37-29-18-8-9-19-30(29)38(33)31-24(23-12-6-5-7-13-23)14-11-17-28(31)35(2,3)4;1-14(2)11-16-12-17(15-9-7-6-8-10-15)19-13-18(16)20(3,4)5;/h5-15,17-21H,1-4H3;6-9,12-14H,11H2,1-5H3;/q2*-1;/i;11D2;. The number of aryl methyl sites for hydroxylation is 1. The van der Waals surface area contributed by atoms with E-state index < -0.39 is 14.4 Å². The topological polar surface area (TPSA) is 56.7 Å². The van der Waals surface area contributed by atoms with E-state index in [1.165, 1.54) is 5.56 Å². The molecule has 0 unspecified atom stereocenters. The molecule has 0 fully saturated rings. The summed E-state index contributed by atoms with van der Waals surface area (Å²) in [6.45, 7) is 19.3. The molecule has 4 aromatic heterocycles. The van der Waals surface area contributed by atoms with E-state index in [4.69, 9.17) is 12.1 Å². The zero-order valence-corrected chi connectivity index (χ0v) is 39.2. The first-order valence-corrected chi connectivity index (χ1v) is 23.9. The molecule has 1 radical (unpaired) electrons. The van der Waals surface area contributed by atoms with Gasteiger partial charge in [0.15, 0.2) is 0 Å². The van der Waals surface area contributed by atoms with Gasteiger partial charge in [-0.2, -0.15) is 0 Å². The largest absolute Gasteiger partial charge is 0.486 e. The van der Waals surface area contributed by atoms with E-state index in [1.54, 1.807) is 0 Å². The quantitative estimate of drug-likeness (QED) is 0.118. The number of nitrogens with zero attached hydrogens (tertiary/aromatic N) is 4. The summed E-state index contributed by atoms with van der Waals surface area (Å²) >= 11 is 0. The fourth-order valence-electron chi connectivity index (χ4n) is 7.72. The molecule has 0 aliphatic rings. The number of pyridine rings is 2. The molecule has 0 amide bonds. The number of benzene rings is 5. The first-order valence-electron chi connectivity index (χ1n) is 21.4. The van der Waals surface area contributed by atoms with Crippen molar-refractivity contribution in [2.24, 2.45) is 5.92 Å². The Bertz CT molecular complexity index is 3020. The van der Waals surface area contributed by atoms with Crippen molar-refractivity contribution < 1.29 is 27.3 Å². The molecule has 0 saturated heterocycles. The summed E-state index contributed by atoms with van der Waals surface area (Å²) in [7, 11) is -1.67. The Kier molecular flexibility index (Phi) is 11.5. The van der Waals surface area contributed by atoms with Crippen LogP contribution in [0, 0.1) is 25.0 Å². The number of para-hydroxylation sites is 3. The van der Waals surface area contributed by atoms with Crippen molar-refractivity contribution >= 4 is 46.4 Å². The number of furan rings is 1. The van der Waals surface area contributed by atoms with Gasteiger partial charge in [-0.05, 0) is 70.9 Å². The van der Waals surface area contributed by atoms with Crippen LogP contribution < -0.4 is 5.19 Å². The third-order valence-corrected chi connectivity index (χ3v) is 12.5. The maximum Gasteiger partial charge on any atom is 0.216 e. The monoisotopic (exact) mass is 983 g/mol. The second-order valence-corrected chi connectivity index (χ2v) is 22.6. The minimum absolute atomic E-state index is 0. The van der Waals surface area contributed by atoms with Gasteiger partial charge in [0.2, 0.25) is 5.71 Å². The smallest absolute Gasteiger partial charge is 0.216 e. The van der Waals surface area contributed by atoms with E-state index in [9.17, 15) is 0 Å². The Balaban J connectivity index is 0.000000215. The van der Waals surface area contributed by atoms with Crippen LogP contribution in [0.25, 0.3) is 72.6 Å². The Labute approximate surface area is 372 Å². The number of aromatic nitrogens is 4. The van der Waals surface area contributed by atoms with E-state index in [1.807, 2.05) is 81.6 Å². The molecule has 0 bridgehead atoms. The van der Waals surface area contributed by atoms with Gasteiger partial charge in [0.1, 0.15) is 0 Å². The van der Waals surface area contributed by atoms with Crippen LogP contribution in [0.3, 0.4) is 0 Å². The molecule has 4 heterocycles. The zero-order chi connectivity index (χ0) is 43.3. The van der Waals surface area contributed by atoms with Crippen LogP contribution in [-0.2, 0) is 31.9 Å². The van der Waals surface area contributed by atoms with Gasteiger partial charge < -0.3 is 14.0 Å². The molecule has 0 atom stereocenters. The van der Waals surface area contributed by atoms with E-state index in [-0.39, 0.29) is 31.4 Å². The molecule has 0 saturated carbocycles. The van der Waals surface area contributed by atoms with Gasteiger partial charge in [-0.3, -0.25) is 4.98 Å². The summed E-state index contributed by atoms with van der Waals surface area (Å²) in [5.74, 6) is 0.712. The second kappa shape index (κ2) is 17.3. The number of fused-ring (bicyclic) bond motifs is 4. The van der Waals surface area contributed by atoms with E-state index in [2.05, 4.69) is 140 Å². The number of hydrogen-bond acceptors (Lipinski definition) is 4. The van der Waals surface area contributed by atoms with Crippen LogP contribution in [0.2, 0.25) is 19.6 Å². The third-order valence-electron chi connectivity index (χ3n) is 10.5. The maximum atomic E-state index is 8.55. The van der Waals surface area contributed by atoms with Crippen molar-refractivity contribution in [3.8, 4) is 39.5 Å². The molecule has 9 rings (SSSR count). The van der Waals surface area contributed by atoms with Crippen molar-refractivity contribution in [3.63, 3.8) is 0 Å². The Morgan fingerprint density at radius 1 is 0.800 bits per heavy atom. The van der Waals surface area contributed by atoms with Gasteiger partial charge in [0.05, 0.1) is 36.2 Å². The molecule has 9 aromatic rings. The van der Waals surface area contributed by atoms with Crippen molar-refractivity contribution in [1.82, 2.24) is 19.5 Å². The normalized spacial score (nSPS) is 12.6. The molecule has 0 aliphatic heterocycles. The number of rotatable bonds is 7. The van der Waals surface area contributed by atoms with Crippen LogP contribution in [0.5, 0.6) is 0 Å². The summed E-state index contributed by atoms with van der Waals surface area (Å²) < 4.78 is 25.8.